The van der Waals surface area contributed by atoms with Crippen molar-refractivity contribution in [3.8, 4) is 0 Å². The summed E-state index contributed by atoms with van der Waals surface area (Å²) in [7, 11) is 0. The molecule has 0 saturated carbocycles. The topological polar surface area (TPSA) is 58.2 Å². The lowest BCUT2D eigenvalue weighted by atomic mass is 10.2. The van der Waals surface area contributed by atoms with Crippen molar-refractivity contribution in [2.45, 2.75) is 13.8 Å². The molecule has 2 aromatic rings. The number of amides is 2. The minimum atomic E-state index is -0.218. The standard InChI is InChI=1S/C19H19BrN2O2/c1-13(2)19(24)22-16-10-8-15(9-11-16)21-18(23)12-7-14-5-3-4-6-17(14)20/h3-13H,1-2H3,(H,21,23)(H,22,24). The molecule has 2 amide bonds. The molecule has 0 heterocycles. The van der Waals surface area contributed by atoms with E-state index < -0.39 is 0 Å². The number of hydrogen-bond donors (Lipinski definition) is 2. The Kier molecular flexibility index (Phi) is 6.32. The van der Waals surface area contributed by atoms with Gasteiger partial charge in [0.05, 0.1) is 0 Å². The summed E-state index contributed by atoms with van der Waals surface area (Å²) in [6.45, 7) is 3.67. The largest absolute Gasteiger partial charge is 0.326 e. The van der Waals surface area contributed by atoms with Crippen molar-refractivity contribution >= 4 is 45.2 Å². The molecule has 5 heteroatoms. The Labute approximate surface area is 150 Å². The highest BCUT2D eigenvalue weighted by atomic mass is 79.9. The zero-order valence-corrected chi connectivity index (χ0v) is 15.1. The molecule has 0 radical (unpaired) electrons. The summed E-state index contributed by atoms with van der Waals surface area (Å²) in [6.07, 6.45) is 3.23. The molecule has 0 aliphatic rings. The molecule has 0 spiro atoms. The first-order valence-electron chi connectivity index (χ1n) is 7.60. The van der Waals surface area contributed by atoms with Crippen LogP contribution in [0.15, 0.2) is 59.1 Å². The summed E-state index contributed by atoms with van der Waals surface area (Å²) in [6, 6.07) is 14.7. The zero-order chi connectivity index (χ0) is 17.5. The quantitative estimate of drug-likeness (QED) is 0.731. The number of rotatable bonds is 5. The van der Waals surface area contributed by atoms with Gasteiger partial charge in [0.1, 0.15) is 0 Å². The Hall–Kier alpha value is -2.40. The predicted molar refractivity (Wildman–Crippen MR) is 102 cm³/mol. The maximum atomic E-state index is 12.0. The Morgan fingerprint density at radius 1 is 0.958 bits per heavy atom. The van der Waals surface area contributed by atoms with E-state index in [0.717, 1.165) is 10.0 Å². The van der Waals surface area contributed by atoms with Gasteiger partial charge in [-0.15, -0.1) is 0 Å². The lowest BCUT2D eigenvalue weighted by Crippen LogP contribution is -2.17. The van der Waals surface area contributed by atoms with Gasteiger partial charge in [-0.2, -0.15) is 0 Å². The van der Waals surface area contributed by atoms with E-state index in [0.29, 0.717) is 11.4 Å². The van der Waals surface area contributed by atoms with Crippen molar-refractivity contribution in [2.24, 2.45) is 5.92 Å². The first-order valence-corrected chi connectivity index (χ1v) is 8.39. The van der Waals surface area contributed by atoms with Crippen LogP contribution >= 0.6 is 15.9 Å². The van der Waals surface area contributed by atoms with Crippen LogP contribution in [0.4, 0.5) is 11.4 Å². The van der Waals surface area contributed by atoms with Crippen LogP contribution < -0.4 is 10.6 Å². The van der Waals surface area contributed by atoms with Gasteiger partial charge in [0.2, 0.25) is 11.8 Å². The highest BCUT2D eigenvalue weighted by Crippen LogP contribution is 2.18. The van der Waals surface area contributed by atoms with E-state index in [1.807, 2.05) is 38.1 Å². The van der Waals surface area contributed by atoms with Gasteiger partial charge in [-0.05, 0) is 42.0 Å². The molecule has 0 atom stereocenters. The van der Waals surface area contributed by atoms with E-state index in [9.17, 15) is 9.59 Å². The summed E-state index contributed by atoms with van der Waals surface area (Å²) in [5.41, 5.74) is 2.30. The summed E-state index contributed by atoms with van der Waals surface area (Å²) in [5.74, 6) is -0.334. The number of halogens is 1. The van der Waals surface area contributed by atoms with Gasteiger partial charge in [-0.25, -0.2) is 0 Å². The molecule has 4 nitrogen and oxygen atoms in total. The molecule has 0 aliphatic carbocycles. The van der Waals surface area contributed by atoms with Crippen LogP contribution in [0, 0.1) is 5.92 Å². The molecular formula is C19H19BrN2O2. The van der Waals surface area contributed by atoms with Crippen molar-refractivity contribution < 1.29 is 9.59 Å². The van der Waals surface area contributed by atoms with Gasteiger partial charge in [-0.1, -0.05) is 48.0 Å². The maximum Gasteiger partial charge on any atom is 0.248 e. The fourth-order valence-corrected chi connectivity index (χ4v) is 2.30. The smallest absolute Gasteiger partial charge is 0.248 e. The van der Waals surface area contributed by atoms with E-state index in [2.05, 4.69) is 26.6 Å². The second-order valence-electron chi connectivity index (χ2n) is 5.57. The average Bonchev–Trinajstić information content (AvgIpc) is 2.56. The molecule has 124 valence electrons. The van der Waals surface area contributed by atoms with E-state index in [4.69, 9.17) is 0 Å². The number of hydrogen-bond acceptors (Lipinski definition) is 2. The van der Waals surface area contributed by atoms with Crippen LogP contribution in [-0.4, -0.2) is 11.8 Å². The minimum absolute atomic E-state index is 0.0387. The second-order valence-corrected chi connectivity index (χ2v) is 6.42. The molecule has 0 unspecified atom stereocenters. The Balaban J connectivity index is 1.95. The van der Waals surface area contributed by atoms with Crippen LogP contribution in [0.3, 0.4) is 0 Å². The Morgan fingerprint density at radius 2 is 1.54 bits per heavy atom. The second kappa shape index (κ2) is 8.45. The fraction of sp³-hybridized carbons (Fsp3) is 0.158. The monoisotopic (exact) mass is 386 g/mol. The summed E-state index contributed by atoms with van der Waals surface area (Å²) in [4.78, 5) is 23.6. The number of carbonyl (C=O) groups excluding carboxylic acids is 2. The SMILES string of the molecule is CC(C)C(=O)Nc1ccc(NC(=O)C=Cc2ccccc2Br)cc1. The Bertz CT molecular complexity index is 752. The van der Waals surface area contributed by atoms with Crippen molar-refractivity contribution in [3.63, 3.8) is 0 Å². The third-order valence-electron chi connectivity index (χ3n) is 3.26. The number of carbonyl (C=O) groups is 2. The van der Waals surface area contributed by atoms with E-state index in [1.54, 1.807) is 30.3 Å². The molecule has 0 aromatic heterocycles. The minimum Gasteiger partial charge on any atom is -0.326 e. The first-order chi connectivity index (χ1) is 11.5. The van der Waals surface area contributed by atoms with Gasteiger partial charge < -0.3 is 10.6 Å². The molecule has 2 aromatic carbocycles. The number of benzene rings is 2. The highest BCUT2D eigenvalue weighted by molar-refractivity contribution is 9.10. The van der Waals surface area contributed by atoms with Crippen LogP contribution in [-0.2, 0) is 9.59 Å². The van der Waals surface area contributed by atoms with Crippen LogP contribution in [0.25, 0.3) is 6.08 Å². The zero-order valence-electron chi connectivity index (χ0n) is 13.5. The molecule has 0 aliphatic heterocycles. The van der Waals surface area contributed by atoms with Crippen LogP contribution in [0.2, 0.25) is 0 Å². The van der Waals surface area contributed by atoms with Gasteiger partial charge in [-0.3, -0.25) is 9.59 Å². The van der Waals surface area contributed by atoms with Crippen molar-refractivity contribution in [1.82, 2.24) is 0 Å². The van der Waals surface area contributed by atoms with Gasteiger partial charge in [0.25, 0.3) is 0 Å². The lowest BCUT2D eigenvalue weighted by molar-refractivity contribution is -0.119. The normalized spacial score (nSPS) is 10.8. The summed E-state index contributed by atoms with van der Waals surface area (Å²) >= 11 is 3.43. The van der Waals surface area contributed by atoms with Crippen molar-refractivity contribution in [3.05, 3.63) is 64.6 Å². The highest BCUT2D eigenvalue weighted by Gasteiger charge is 2.07. The molecule has 0 fully saturated rings. The first kappa shape index (κ1) is 17.9. The van der Waals surface area contributed by atoms with Gasteiger partial charge in [0.15, 0.2) is 0 Å². The number of nitrogens with one attached hydrogen (secondary N) is 2. The summed E-state index contributed by atoms with van der Waals surface area (Å²) < 4.78 is 0.930. The number of anilines is 2. The van der Waals surface area contributed by atoms with Crippen molar-refractivity contribution in [1.29, 1.82) is 0 Å². The van der Waals surface area contributed by atoms with Gasteiger partial charge in [0, 0.05) is 27.8 Å². The molecule has 24 heavy (non-hydrogen) atoms. The fourth-order valence-electron chi connectivity index (χ4n) is 1.88. The van der Waals surface area contributed by atoms with Gasteiger partial charge >= 0.3 is 0 Å². The summed E-state index contributed by atoms with van der Waals surface area (Å²) in [5, 5.41) is 5.59. The predicted octanol–water partition coefficient (Wildman–Crippen LogP) is 4.70. The van der Waals surface area contributed by atoms with E-state index in [1.165, 1.54) is 6.08 Å². The van der Waals surface area contributed by atoms with Crippen molar-refractivity contribution in [2.75, 3.05) is 10.6 Å². The van der Waals surface area contributed by atoms with Crippen LogP contribution in [0.5, 0.6) is 0 Å². The third kappa shape index (κ3) is 5.35. The van der Waals surface area contributed by atoms with E-state index >= 15 is 0 Å². The average molecular weight is 387 g/mol. The van der Waals surface area contributed by atoms with Crippen LogP contribution in [0.1, 0.15) is 19.4 Å². The molecule has 0 bridgehead atoms. The molecule has 2 N–H and O–H groups in total. The molecule has 2 rings (SSSR count). The molecule has 0 saturated heterocycles. The maximum absolute atomic E-state index is 12.0. The lowest BCUT2D eigenvalue weighted by Gasteiger charge is -2.08. The van der Waals surface area contributed by atoms with E-state index in [-0.39, 0.29) is 17.7 Å². The third-order valence-corrected chi connectivity index (χ3v) is 3.99. The Morgan fingerprint density at radius 3 is 2.12 bits per heavy atom. The molecular weight excluding hydrogens is 368 g/mol.